The van der Waals surface area contributed by atoms with Gasteiger partial charge in [0.2, 0.25) is 0 Å². The van der Waals surface area contributed by atoms with Gasteiger partial charge in [-0.2, -0.15) is 13.2 Å². The number of alkyl halides is 3. The second-order valence-electron chi connectivity index (χ2n) is 3.35. The molecule has 0 saturated carbocycles. The fourth-order valence-electron chi connectivity index (χ4n) is 1.37. The van der Waals surface area contributed by atoms with E-state index in [9.17, 15) is 13.2 Å². The van der Waals surface area contributed by atoms with Gasteiger partial charge in [0, 0.05) is 19.6 Å². The van der Waals surface area contributed by atoms with E-state index < -0.39 is 12.6 Å². The molecule has 0 aliphatic carbocycles. The van der Waals surface area contributed by atoms with Gasteiger partial charge in [-0.1, -0.05) is 6.92 Å². The molecule has 2 unspecified atom stereocenters. The molecule has 0 saturated heterocycles. The molecule has 2 nitrogen and oxygen atoms in total. The Morgan fingerprint density at radius 2 is 1.93 bits per heavy atom. The van der Waals surface area contributed by atoms with Crippen LogP contribution in [0.4, 0.5) is 13.2 Å². The number of hydrogen-bond acceptors (Lipinski definition) is 2. The first kappa shape index (κ1) is 13.7. The van der Waals surface area contributed by atoms with E-state index in [1.54, 1.807) is 0 Å². The summed E-state index contributed by atoms with van der Waals surface area (Å²) in [5.41, 5.74) is 5.68. The molecule has 0 amide bonds. The molecule has 2 N–H and O–H groups in total. The van der Waals surface area contributed by atoms with Crippen LogP contribution in [0, 0.1) is 0 Å². The first-order chi connectivity index (χ1) is 6.40. The molecule has 0 aromatic heterocycles. The molecular weight excluding hydrogens is 195 g/mol. The van der Waals surface area contributed by atoms with E-state index in [0.29, 0.717) is 6.42 Å². The molecule has 0 aliphatic heterocycles. The van der Waals surface area contributed by atoms with Gasteiger partial charge >= 0.3 is 6.18 Å². The van der Waals surface area contributed by atoms with Crippen molar-refractivity contribution in [2.24, 2.45) is 5.73 Å². The van der Waals surface area contributed by atoms with Crippen LogP contribution >= 0.6 is 0 Å². The van der Waals surface area contributed by atoms with Crippen LogP contribution in [-0.2, 0) is 4.74 Å². The van der Waals surface area contributed by atoms with Gasteiger partial charge in [0.25, 0.3) is 0 Å². The van der Waals surface area contributed by atoms with Crippen molar-refractivity contribution in [2.45, 2.75) is 50.9 Å². The van der Waals surface area contributed by atoms with E-state index in [1.807, 2.05) is 6.92 Å². The third kappa shape index (κ3) is 6.21. The lowest BCUT2D eigenvalue weighted by atomic mass is 10.0. The third-order valence-corrected chi connectivity index (χ3v) is 2.18. The summed E-state index contributed by atoms with van der Waals surface area (Å²) in [6, 6.07) is -0.299. The summed E-state index contributed by atoms with van der Waals surface area (Å²) in [5, 5.41) is 0. The quantitative estimate of drug-likeness (QED) is 0.735. The Labute approximate surface area is 82.6 Å². The summed E-state index contributed by atoms with van der Waals surface area (Å²) >= 11 is 0. The predicted octanol–water partition coefficient (Wildman–Crippen LogP) is 2.47. The molecule has 0 aromatic rings. The van der Waals surface area contributed by atoms with Crippen LogP contribution < -0.4 is 5.73 Å². The van der Waals surface area contributed by atoms with Crippen molar-refractivity contribution in [3.8, 4) is 0 Å². The second kappa shape index (κ2) is 6.24. The van der Waals surface area contributed by atoms with Crippen molar-refractivity contribution in [3.63, 3.8) is 0 Å². The Balaban J connectivity index is 3.67. The monoisotopic (exact) mass is 213 g/mol. The van der Waals surface area contributed by atoms with Gasteiger partial charge in [-0.25, -0.2) is 0 Å². The first-order valence-corrected chi connectivity index (χ1v) is 4.75. The molecule has 86 valence electrons. The maximum Gasteiger partial charge on any atom is 0.389 e. The lowest BCUT2D eigenvalue weighted by Crippen LogP contribution is -2.35. The van der Waals surface area contributed by atoms with Gasteiger partial charge in [0.1, 0.15) is 0 Å². The lowest BCUT2D eigenvalue weighted by molar-refractivity contribution is -0.136. The van der Waals surface area contributed by atoms with E-state index in [4.69, 9.17) is 10.5 Å². The minimum atomic E-state index is -4.07. The largest absolute Gasteiger partial charge is 0.389 e. The molecule has 0 radical (unpaired) electrons. The average molecular weight is 213 g/mol. The Hall–Kier alpha value is -0.290. The van der Waals surface area contributed by atoms with E-state index in [0.717, 1.165) is 6.42 Å². The molecule has 0 heterocycles. The molecule has 0 aromatic carbocycles. The Kier molecular flexibility index (Phi) is 6.11. The van der Waals surface area contributed by atoms with Crippen molar-refractivity contribution in [1.82, 2.24) is 0 Å². The van der Waals surface area contributed by atoms with Crippen LogP contribution in [0.3, 0.4) is 0 Å². The van der Waals surface area contributed by atoms with E-state index >= 15 is 0 Å². The van der Waals surface area contributed by atoms with Crippen LogP contribution in [0.15, 0.2) is 0 Å². The number of rotatable bonds is 6. The number of hydrogen-bond donors (Lipinski definition) is 1. The molecular formula is C9H18F3NO. The van der Waals surface area contributed by atoms with E-state index in [2.05, 4.69) is 0 Å². The van der Waals surface area contributed by atoms with Crippen molar-refractivity contribution in [2.75, 3.05) is 7.11 Å². The topological polar surface area (TPSA) is 35.2 Å². The van der Waals surface area contributed by atoms with Crippen molar-refractivity contribution in [3.05, 3.63) is 0 Å². The smallest absolute Gasteiger partial charge is 0.380 e. The van der Waals surface area contributed by atoms with Gasteiger partial charge < -0.3 is 10.5 Å². The van der Waals surface area contributed by atoms with Gasteiger partial charge in [-0.05, 0) is 19.3 Å². The summed E-state index contributed by atoms with van der Waals surface area (Å²) in [6.07, 6.45) is -3.82. The van der Waals surface area contributed by atoms with E-state index in [1.165, 1.54) is 7.11 Å². The zero-order chi connectivity index (χ0) is 11.2. The molecule has 14 heavy (non-hydrogen) atoms. The van der Waals surface area contributed by atoms with Crippen molar-refractivity contribution < 1.29 is 17.9 Å². The van der Waals surface area contributed by atoms with Crippen molar-refractivity contribution in [1.29, 1.82) is 0 Å². The normalized spacial score (nSPS) is 16.7. The van der Waals surface area contributed by atoms with Crippen LogP contribution in [0.25, 0.3) is 0 Å². The highest BCUT2D eigenvalue weighted by Crippen LogP contribution is 2.23. The first-order valence-electron chi connectivity index (χ1n) is 4.75. The van der Waals surface area contributed by atoms with Gasteiger partial charge in [-0.15, -0.1) is 0 Å². The van der Waals surface area contributed by atoms with Gasteiger partial charge in [0.05, 0.1) is 6.10 Å². The summed E-state index contributed by atoms with van der Waals surface area (Å²) in [4.78, 5) is 0. The third-order valence-electron chi connectivity index (χ3n) is 2.18. The van der Waals surface area contributed by atoms with Crippen molar-refractivity contribution >= 4 is 0 Å². The lowest BCUT2D eigenvalue weighted by Gasteiger charge is -2.21. The minimum absolute atomic E-state index is 0.0739. The second-order valence-corrected chi connectivity index (χ2v) is 3.35. The highest BCUT2D eigenvalue weighted by Gasteiger charge is 2.27. The fraction of sp³-hybridized carbons (Fsp3) is 1.00. The van der Waals surface area contributed by atoms with Crippen LogP contribution in [0.2, 0.25) is 0 Å². The summed E-state index contributed by atoms with van der Waals surface area (Å²) < 4.78 is 40.4. The SMILES string of the molecule is CCC(OC)C(N)CCCC(F)(F)F. The molecule has 0 spiro atoms. The standard InChI is InChI=1S/C9H18F3NO/c1-3-8(14-2)7(13)5-4-6-9(10,11)12/h7-8H,3-6,13H2,1-2H3. The molecule has 5 heteroatoms. The van der Waals surface area contributed by atoms with Gasteiger partial charge in [-0.3, -0.25) is 0 Å². The van der Waals surface area contributed by atoms with Crippen LogP contribution in [0.5, 0.6) is 0 Å². The predicted molar refractivity (Wildman–Crippen MR) is 49.0 cm³/mol. The Morgan fingerprint density at radius 1 is 1.36 bits per heavy atom. The van der Waals surface area contributed by atoms with Gasteiger partial charge in [0.15, 0.2) is 0 Å². The number of methoxy groups -OCH3 is 1. The molecule has 0 aliphatic rings. The minimum Gasteiger partial charge on any atom is -0.380 e. The highest BCUT2D eigenvalue weighted by molar-refractivity contribution is 4.72. The number of halogens is 3. The molecule has 0 rings (SSSR count). The number of ether oxygens (including phenoxy) is 1. The number of nitrogens with two attached hydrogens (primary N) is 1. The Morgan fingerprint density at radius 3 is 2.29 bits per heavy atom. The zero-order valence-electron chi connectivity index (χ0n) is 8.60. The van der Waals surface area contributed by atoms with E-state index in [-0.39, 0.29) is 18.6 Å². The molecule has 0 fully saturated rings. The molecule has 0 bridgehead atoms. The highest BCUT2D eigenvalue weighted by atomic mass is 19.4. The van der Waals surface area contributed by atoms with Crippen LogP contribution in [-0.4, -0.2) is 25.4 Å². The molecule has 2 atom stereocenters. The summed E-state index contributed by atoms with van der Waals surface area (Å²) in [5.74, 6) is 0. The summed E-state index contributed by atoms with van der Waals surface area (Å²) in [6.45, 7) is 1.90. The maximum absolute atomic E-state index is 11.8. The van der Waals surface area contributed by atoms with Crippen LogP contribution in [0.1, 0.15) is 32.6 Å². The Bertz CT molecular complexity index is 145. The average Bonchev–Trinajstić information content (AvgIpc) is 2.04. The maximum atomic E-state index is 11.8. The summed E-state index contributed by atoms with van der Waals surface area (Å²) in [7, 11) is 1.53. The zero-order valence-corrected chi connectivity index (χ0v) is 8.60. The fourth-order valence-corrected chi connectivity index (χ4v) is 1.37.